The highest BCUT2D eigenvalue weighted by Gasteiger charge is 2.27. The van der Waals surface area contributed by atoms with Crippen LogP contribution in [0.2, 0.25) is 0 Å². The number of ether oxygens (including phenoxy) is 1. The van der Waals surface area contributed by atoms with Gasteiger partial charge in [-0.3, -0.25) is 14.5 Å². The second-order valence-corrected chi connectivity index (χ2v) is 14.5. The molecule has 0 radical (unpaired) electrons. The molecular formula is C42H50FN9O3. The van der Waals surface area contributed by atoms with Crippen molar-refractivity contribution in [2.75, 3.05) is 38.2 Å². The number of rotatable bonds is 13. The van der Waals surface area contributed by atoms with E-state index >= 15 is 4.39 Å². The molecule has 2 fully saturated rings. The van der Waals surface area contributed by atoms with Gasteiger partial charge in [0.1, 0.15) is 17.2 Å². The molecular weight excluding hydrogens is 698 g/mol. The van der Waals surface area contributed by atoms with E-state index in [2.05, 4.69) is 51.6 Å². The number of aryl methyl sites for hydroxylation is 2. The Morgan fingerprint density at radius 3 is 2.58 bits per heavy atom. The van der Waals surface area contributed by atoms with Gasteiger partial charge in [-0.2, -0.15) is 5.10 Å². The minimum Gasteiger partial charge on any atom is -0.381 e. The molecule has 0 spiro atoms. The van der Waals surface area contributed by atoms with E-state index in [1.807, 2.05) is 36.0 Å². The molecule has 4 N–H and O–H groups in total. The van der Waals surface area contributed by atoms with Gasteiger partial charge in [-0.15, -0.1) is 0 Å². The van der Waals surface area contributed by atoms with Crippen LogP contribution in [0.5, 0.6) is 0 Å². The standard InChI is InChI=1S/C42H50FN9O3/c1-4-36-34(39(47-31-14-18-55-19-15-31)33-22-46-52(5-2)41(33)49-36)26-51(42(54)38-11-7-10-37(48-38)40(44)53)25-29-12-13-35(43)32(21-29)30-9-6-8-28(20-30)24-50-17-16-45-27(3)23-50/h6-13,20-22,27,31,45H,4-5,14-19,23-26H2,1-3H3,(H2,44,53)(H,47,49)/t27-/m0/s1. The maximum atomic E-state index is 15.7. The second kappa shape index (κ2) is 17.1. The number of nitrogens with one attached hydrogen (secondary N) is 2. The first-order valence-corrected chi connectivity index (χ1v) is 19.3. The molecule has 13 heteroatoms. The lowest BCUT2D eigenvalue weighted by Crippen LogP contribution is -2.48. The van der Waals surface area contributed by atoms with E-state index in [4.69, 9.17) is 15.5 Å². The maximum absolute atomic E-state index is 15.7. The van der Waals surface area contributed by atoms with Crippen LogP contribution in [0.4, 0.5) is 10.1 Å². The molecule has 5 heterocycles. The fraction of sp³-hybridized carbons (Fsp3) is 0.405. The predicted molar refractivity (Wildman–Crippen MR) is 211 cm³/mol. The summed E-state index contributed by atoms with van der Waals surface area (Å²) in [6, 6.07) is 18.3. The molecule has 1 atom stereocenters. The fourth-order valence-corrected chi connectivity index (χ4v) is 7.69. The molecule has 55 heavy (non-hydrogen) atoms. The number of carbonyl (C=O) groups is 2. The number of nitrogens with zero attached hydrogens (tertiary/aromatic N) is 6. The monoisotopic (exact) mass is 747 g/mol. The third kappa shape index (κ3) is 8.69. The van der Waals surface area contributed by atoms with Gasteiger partial charge >= 0.3 is 0 Å². The molecule has 2 aliphatic heterocycles. The number of benzene rings is 2. The Hall–Kier alpha value is -5.24. The summed E-state index contributed by atoms with van der Waals surface area (Å²) in [4.78, 5) is 40.2. The zero-order valence-electron chi connectivity index (χ0n) is 31.9. The van der Waals surface area contributed by atoms with Crippen molar-refractivity contribution in [1.82, 2.24) is 34.9 Å². The van der Waals surface area contributed by atoms with Crippen molar-refractivity contribution in [2.24, 2.45) is 5.73 Å². The summed E-state index contributed by atoms with van der Waals surface area (Å²) < 4.78 is 23.2. The van der Waals surface area contributed by atoms with E-state index in [1.165, 1.54) is 12.1 Å². The topological polar surface area (TPSA) is 144 Å². The zero-order chi connectivity index (χ0) is 38.5. The van der Waals surface area contributed by atoms with Crippen molar-refractivity contribution in [3.8, 4) is 11.1 Å². The van der Waals surface area contributed by atoms with Gasteiger partial charge in [-0.25, -0.2) is 19.0 Å². The van der Waals surface area contributed by atoms with Crippen molar-refractivity contribution in [1.29, 1.82) is 0 Å². The Morgan fingerprint density at radius 1 is 1.02 bits per heavy atom. The Bertz CT molecular complexity index is 2170. The van der Waals surface area contributed by atoms with Gasteiger partial charge in [-0.1, -0.05) is 37.3 Å². The normalized spacial score (nSPS) is 16.7. The van der Waals surface area contributed by atoms with E-state index in [1.54, 1.807) is 23.1 Å². The lowest BCUT2D eigenvalue weighted by atomic mass is 9.99. The summed E-state index contributed by atoms with van der Waals surface area (Å²) >= 11 is 0. The van der Waals surface area contributed by atoms with Crippen molar-refractivity contribution in [3.05, 3.63) is 106 Å². The number of nitrogens with two attached hydrogens (primary N) is 1. The molecule has 2 aromatic carbocycles. The molecule has 2 saturated heterocycles. The van der Waals surface area contributed by atoms with Crippen molar-refractivity contribution in [3.63, 3.8) is 0 Å². The van der Waals surface area contributed by atoms with Crippen LogP contribution in [0, 0.1) is 5.82 Å². The first kappa shape index (κ1) is 38.1. The summed E-state index contributed by atoms with van der Waals surface area (Å²) in [5.74, 6) is -1.47. The maximum Gasteiger partial charge on any atom is 0.273 e. The minimum atomic E-state index is -0.725. The third-order valence-electron chi connectivity index (χ3n) is 10.5. The highest BCUT2D eigenvalue weighted by atomic mass is 19.1. The van der Waals surface area contributed by atoms with Crippen molar-refractivity contribution in [2.45, 2.75) is 78.3 Å². The number of carbonyl (C=O) groups excluding carboxylic acids is 2. The van der Waals surface area contributed by atoms with Crippen LogP contribution in [0.1, 0.15) is 77.0 Å². The number of fused-ring (bicyclic) bond motifs is 1. The van der Waals surface area contributed by atoms with E-state index in [-0.39, 0.29) is 36.3 Å². The molecule has 0 unspecified atom stereocenters. The molecule has 288 valence electrons. The average Bonchev–Trinajstić information content (AvgIpc) is 3.62. The molecule has 2 aliphatic rings. The fourth-order valence-electron chi connectivity index (χ4n) is 7.69. The number of halogens is 1. The van der Waals surface area contributed by atoms with Gasteiger partial charge in [0, 0.05) is 81.4 Å². The van der Waals surface area contributed by atoms with E-state index in [0.717, 1.165) is 83.7 Å². The number of pyridine rings is 2. The number of piperazine rings is 1. The molecule has 12 nitrogen and oxygen atoms in total. The summed E-state index contributed by atoms with van der Waals surface area (Å²) in [5, 5.41) is 12.8. The minimum absolute atomic E-state index is 0.00351. The largest absolute Gasteiger partial charge is 0.381 e. The molecule has 3 aromatic heterocycles. The number of anilines is 1. The molecule has 0 saturated carbocycles. The number of hydrogen-bond donors (Lipinski definition) is 3. The number of amides is 2. The quantitative estimate of drug-likeness (QED) is 0.142. The molecule has 0 bridgehead atoms. The highest BCUT2D eigenvalue weighted by Crippen LogP contribution is 2.33. The molecule has 2 amide bonds. The van der Waals surface area contributed by atoms with Gasteiger partial charge in [0.25, 0.3) is 11.8 Å². The van der Waals surface area contributed by atoms with E-state index in [0.29, 0.717) is 37.8 Å². The van der Waals surface area contributed by atoms with Crippen molar-refractivity contribution >= 4 is 28.5 Å². The van der Waals surface area contributed by atoms with Crippen LogP contribution in [0.25, 0.3) is 22.2 Å². The molecule has 0 aliphatic carbocycles. The van der Waals surface area contributed by atoms with Crippen LogP contribution < -0.4 is 16.4 Å². The van der Waals surface area contributed by atoms with Crippen LogP contribution in [-0.2, 0) is 37.3 Å². The molecule has 5 aromatic rings. The summed E-state index contributed by atoms with van der Waals surface area (Å²) in [7, 11) is 0. The summed E-state index contributed by atoms with van der Waals surface area (Å²) in [5.41, 5.74) is 12.1. The lowest BCUT2D eigenvalue weighted by Gasteiger charge is -2.31. The second-order valence-electron chi connectivity index (χ2n) is 14.5. The predicted octanol–water partition coefficient (Wildman–Crippen LogP) is 5.54. The van der Waals surface area contributed by atoms with Crippen LogP contribution in [-0.4, -0.2) is 86.3 Å². The Morgan fingerprint density at radius 2 is 1.82 bits per heavy atom. The van der Waals surface area contributed by atoms with E-state index < -0.39 is 11.8 Å². The van der Waals surface area contributed by atoms with Gasteiger partial charge < -0.3 is 26.0 Å². The van der Waals surface area contributed by atoms with Gasteiger partial charge in [-0.05, 0) is 80.1 Å². The van der Waals surface area contributed by atoms with Gasteiger partial charge in [0.05, 0.1) is 23.8 Å². The highest BCUT2D eigenvalue weighted by molar-refractivity contribution is 5.96. The van der Waals surface area contributed by atoms with E-state index in [9.17, 15) is 9.59 Å². The third-order valence-corrected chi connectivity index (χ3v) is 10.5. The number of aromatic nitrogens is 4. The van der Waals surface area contributed by atoms with Crippen LogP contribution >= 0.6 is 0 Å². The Kier molecular flexibility index (Phi) is 11.8. The first-order chi connectivity index (χ1) is 26.7. The Labute approximate surface area is 321 Å². The number of hydrogen-bond acceptors (Lipinski definition) is 9. The number of primary amides is 1. The molecule has 7 rings (SSSR count). The van der Waals surface area contributed by atoms with Gasteiger partial charge in [0.2, 0.25) is 0 Å². The lowest BCUT2D eigenvalue weighted by molar-refractivity contribution is 0.0723. The Balaban J connectivity index is 1.27. The summed E-state index contributed by atoms with van der Waals surface area (Å²) in [6.45, 7) is 12.2. The van der Waals surface area contributed by atoms with Gasteiger partial charge in [0.15, 0.2) is 5.65 Å². The average molecular weight is 748 g/mol. The SMILES string of the molecule is CCc1nc2c(cnn2CC)c(NC2CCOCC2)c1CN(Cc1ccc(F)c(-c2cccc(CN3CCN[C@@H](C)C3)c2)c1)C(=O)c1cccc(C(N)=O)n1. The first-order valence-electron chi connectivity index (χ1n) is 19.3. The summed E-state index contributed by atoms with van der Waals surface area (Å²) in [6.07, 6.45) is 4.13. The van der Waals surface area contributed by atoms with Crippen LogP contribution in [0.3, 0.4) is 0 Å². The van der Waals surface area contributed by atoms with Crippen LogP contribution in [0.15, 0.2) is 66.9 Å². The van der Waals surface area contributed by atoms with Crippen molar-refractivity contribution < 1.29 is 18.7 Å². The smallest absolute Gasteiger partial charge is 0.273 e. The zero-order valence-corrected chi connectivity index (χ0v) is 31.9.